The summed E-state index contributed by atoms with van der Waals surface area (Å²) in [4.78, 5) is 24.6. The van der Waals surface area contributed by atoms with E-state index in [4.69, 9.17) is 9.15 Å². The molecule has 1 aromatic heterocycles. The molecule has 0 aliphatic carbocycles. The van der Waals surface area contributed by atoms with Crippen molar-refractivity contribution in [3.8, 4) is 5.75 Å². The van der Waals surface area contributed by atoms with Crippen LogP contribution in [0.1, 0.15) is 28.4 Å². The largest absolute Gasteiger partial charge is 0.485 e. The van der Waals surface area contributed by atoms with Crippen LogP contribution in [0.2, 0.25) is 0 Å². The van der Waals surface area contributed by atoms with Crippen LogP contribution in [0.3, 0.4) is 0 Å². The lowest BCUT2D eigenvalue weighted by molar-refractivity contribution is 0.0921. The van der Waals surface area contributed by atoms with Crippen LogP contribution in [-0.4, -0.2) is 12.4 Å². The second kappa shape index (κ2) is 7.31. The Morgan fingerprint density at radius 1 is 1.00 bits per heavy atom. The Hall–Kier alpha value is -3.40. The smallest absolute Gasteiger partial charge is 0.339 e. The summed E-state index contributed by atoms with van der Waals surface area (Å²) in [5.41, 5.74) is 2.36. The van der Waals surface area contributed by atoms with Gasteiger partial charge in [-0.3, -0.25) is 4.79 Å². The first-order valence-electron chi connectivity index (χ1n) is 9.28. The van der Waals surface area contributed by atoms with Crippen molar-refractivity contribution in [3.63, 3.8) is 0 Å². The lowest BCUT2D eigenvalue weighted by atomic mass is 10.0. The SMILES string of the molecule is CCc1c(C)c2ccc(OCC(=O)c3ccc4ccccc4c3)cc2oc1=O. The Balaban J connectivity index is 1.56. The number of rotatable bonds is 5. The summed E-state index contributed by atoms with van der Waals surface area (Å²) < 4.78 is 11.1. The molecule has 3 aromatic carbocycles. The van der Waals surface area contributed by atoms with Crippen LogP contribution in [0.15, 0.2) is 69.9 Å². The molecule has 0 amide bonds. The first-order chi connectivity index (χ1) is 13.6. The molecule has 0 aliphatic heterocycles. The highest BCUT2D eigenvalue weighted by Crippen LogP contribution is 2.24. The topological polar surface area (TPSA) is 56.5 Å². The molecule has 0 bridgehead atoms. The molecule has 4 heteroatoms. The molecule has 0 N–H and O–H groups in total. The van der Waals surface area contributed by atoms with Crippen molar-refractivity contribution in [2.24, 2.45) is 0 Å². The number of carbonyl (C=O) groups is 1. The number of hydrogen-bond acceptors (Lipinski definition) is 4. The summed E-state index contributed by atoms with van der Waals surface area (Å²) in [6, 6.07) is 18.8. The highest BCUT2D eigenvalue weighted by molar-refractivity contribution is 6.00. The van der Waals surface area contributed by atoms with Crippen LogP contribution in [-0.2, 0) is 6.42 Å². The van der Waals surface area contributed by atoms with Gasteiger partial charge in [0.1, 0.15) is 11.3 Å². The maximum Gasteiger partial charge on any atom is 0.339 e. The number of ether oxygens (including phenoxy) is 1. The molecule has 140 valence electrons. The molecule has 28 heavy (non-hydrogen) atoms. The van der Waals surface area contributed by atoms with Crippen molar-refractivity contribution in [1.29, 1.82) is 0 Å². The zero-order chi connectivity index (χ0) is 19.7. The molecule has 4 rings (SSSR count). The van der Waals surface area contributed by atoms with E-state index in [2.05, 4.69) is 0 Å². The van der Waals surface area contributed by atoms with Crippen molar-refractivity contribution >= 4 is 27.5 Å². The first-order valence-corrected chi connectivity index (χ1v) is 9.28. The molecule has 4 aromatic rings. The van der Waals surface area contributed by atoms with E-state index in [1.165, 1.54) is 0 Å². The van der Waals surface area contributed by atoms with Crippen molar-refractivity contribution in [1.82, 2.24) is 0 Å². The average Bonchev–Trinajstić information content (AvgIpc) is 2.71. The van der Waals surface area contributed by atoms with Gasteiger partial charge in [-0.05, 0) is 47.9 Å². The molecule has 0 fully saturated rings. The summed E-state index contributed by atoms with van der Waals surface area (Å²) in [5, 5.41) is 2.99. The maximum absolute atomic E-state index is 12.5. The summed E-state index contributed by atoms with van der Waals surface area (Å²) in [5.74, 6) is 0.387. The lowest BCUT2D eigenvalue weighted by Crippen LogP contribution is -2.12. The molecular weight excluding hydrogens is 352 g/mol. The molecule has 0 saturated heterocycles. The van der Waals surface area contributed by atoms with E-state index in [0.717, 1.165) is 21.7 Å². The Kier molecular flexibility index (Phi) is 4.70. The van der Waals surface area contributed by atoms with E-state index in [0.29, 0.717) is 28.9 Å². The Morgan fingerprint density at radius 2 is 1.79 bits per heavy atom. The number of Topliss-reactive ketones (excluding diaryl/α,β-unsaturated/α-hetero) is 1. The Labute approximate surface area is 162 Å². The molecule has 0 aliphatic rings. The fraction of sp³-hybridized carbons (Fsp3) is 0.167. The summed E-state index contributed by atoms with van der Waals surface area (Å²) in [7, 11) is 0. The quantitative estimate of drug-likeness (QED) is 0.362. The number of benzene rings is 3. The minimum atomic E-state index is -0.322. The second-order valence-corrected chi connectivity index (χ2v) is 6.78. The Morgan fingerprint density at radius 3 is 2.57 bits per heavy atom. The van der Waals surface area contributed by atoms with E-state index in [-0.39, 0.29) is 18.0 Å². The van der Waals surface area contributed by atoms with Gasteiger partial charge in [-0.25, -0.2) is 4.79 Å². The van der Waals surface area contributed by atoms with Gasteiger partial charge in [-0.15, -0.1) is 0 Å². The highest BCUT2D eigenvalue weighted by atomic mass is 16.5. The zero-order valence-corrected chi connectivity index (χ0v) is 15.8. The number of fused-ring (bicyclic) bond motifs is 2. The van der Waals surface area contributed by atoms with E-state index in [1.54, 1.807) is 12.1 Å². The molecule has 0 spiro atoms. The molecule has 1 heterocycles. The second-order valence-electron chi connectivity index (χ2n) is 6.78. The van der Waals surface area contributed by atoms with Crippen molar-refractivity contribution in [2.75, 3.05) is 6.61 Å². The van der Waals surface area contributed by atoms with Crippen LogP contribution >= 0.6 is 0 Å². The number of hydrogen-bond donors (Lipinski definition) is 0. The normalized spacial score (nSPS) is 11.1. The molecule has 0 atom stereocenters. The minimum absolute atomic E-state index is 0.0832. The lowest BCUT2D eigenvalue weighted by Gasteiger charge is -2.09. The third kappa shape index (κ3) is 3.29. The fourth-order valence-electron chi connectivity index (χ4n) is 3.47. The maximum atomic E-state index is 12.5. The van der Waals surface area contributed by atoms with Gasteiger partial charge in [0, 0.05) is 22.6 Å². The van der Waals surface area contributed by atoms with Gasteiger partial charge in [0.2, 0.25) is 0 Å². The predicted octanol–water partition coefficient (Wildman–Crippen LogP) is 5.08. The van der Waals surface area contributed by atoms with Gasteiger partial charge in [0.05, 0.1) is 0 Å². The van der Waals surface area contributed by atoms with Crippen LogP contribution in [0.4, 0.5) is 0 Å². The zero-order valence-electron chi connectivity index (χ0n) is 15.8. The Bertz CT molecular complexity index is 1250. The fourth-order valence-corrected chi connectivity index (χ4v) is 3.47. The van der Waals surface area contributed by atoms with E-state index >= 15 is 0 Å². The van der Waals surface area contributed by atoms with Gasteiger partial charge >= 0.3 is 5.63 Å². The highest BCUT2D eigenvalue weighted by Gasteiger charge is 2.12. The first kappa shape index (κ1) is 18.0. The van der Waals surface area contributed by atoms with Gasteiger partial charge in [-0.1, -0.05) is 43.3 Å². The average molecular weight is 372 g/mol. The van der Waals surface area contributed by atoms with Gasteiger partial charge < -0.3 is 9.15 Å². The van der Waals surface area contributed by atoms with E-state index < -0.39 is 0 Å². The third-order valence-corrected chi connectivity index (χ3v) is 5.05. The van der Waals surface area contributed by atoms with E-state index in [1.807, 2.05) is 62.4 Å². The van der Waals surface area contributed by atoms with Crippen LogP contribution in [0, 0.1) is 6.92 Å². The van der Waals surface area contributed by atoms with Gasteiger partial charge in [0.15, 0.2) is 12.4 Å². The van der Waals surface area contributed by atoms with Crippen molar-refractivity contribution < 1.29 is 13.9 Å². The monoisotopic (exact) mass is 372 g/mol. The predicted molar refractivity (Wildman–Crippen MR) is 110 cm³/mol. The van der Waals surface area contributed by atoms with E-state index in [9.17, 15) is 9.59 Å². The van der Waals surface area contributed by atoms with Crippen LogP contribution in [0.25, 0.3) is 21.7 Å². The number of aryl methyl sites for hydroxylation is 1. The molecular formula is C24H20O4. The van der Waals surface area contributed by atoms with Crippen molar-refractivity contribution in [3.05, 3.63) is 87.8 Å². The molecule has 0 unspecified atom stereocenters. The standard InChI is InChI=1S/C24H20O4/c1-3-20-15(2)21-11-10-19(13-23(21)28-24(20)26)27-14-22(25)18-9-8-16-6-4-5-7-17(16)12-18/h4-13H,3,14H2,1-2H3. The molecule has 0 saturated carbocycles. The van der Waals surface area contributed by atoms with Crippen molar-refractivity contribution in [2.45, 2.75) is 20.3 Å². The molecule has 0 radical (unpaired) electrons. The summed E-state index contributed by atoms with van der Waals surface area (Å²) >= 11 is 0. The van der Waals surface area contributed by atoms with Gasteiger partial charge in [-0.2, -0.15) is 0 Å². The van der Waals surface area contributed by atoms with Crippen LogP contribution in [0.5, 0.6) is 5.75 Å². The third-order valence-electron chi connectivity index (χ3n) is 5.05. The number of carbonyl (C=O) groups excluding carboxylic acids is 1. The summed E-state index contributed by atoms with van der Waals surface area (Å²) in [6.07, 6.45) is 0.628. The summed E-state index contributed by atoms with van der Waals surface area (Å²) in [6.45, 7) is 3.77. The van der Waals surface area contributed by atoms with Gasteiger partial charge in [0.25, 0.3) is 0 Å². The van der Waals surface area contributed by atoms with Crippen LogP contribution < -0.4 is 10.4 Å². The molecule has 4 nitrogen and oxygen atoms in total. The number of ketones is 1. The minimum Gasteiger partial charge on any atom is -0.485 e.